The molecule has 0 saturated heterocycles. The fourth-order valence-electron chi connectivity index (χ4n) is 1.10. The van der Waals surface area contributed by atoms with Crippen molar-refractivity contribution in [2.45, 2.75) is 27.2 Å². The minimum atomic E-state index is -0.0781. The lowest BCUT2D eigenvalue weighted by Crippen LogP contribution is -2.05. The lowest BCUT2D eigenvalue weighted by Gasteiger charge is -2.03. The summed E-state index contributed by atoms with van der Waals surface area (Å²) in [5, 5.41) is 0. The first-order valence-corrected chi connectivity index (χ1v) is 4.42. The molecule has 0 saturated carbocycles. The molecular formula is C10H14N2O. The smallest absolute Gasteiger partial charge is 0.196 e. The molecule has 70 valence electrons. The summed E-state index contributed by atoms with van der Waals surface area (Å²) in [5.41, 5.74) is 0.940. The zero-order chi connectivity index (χ0) is 9.84. The molecule has 13 heavy (non-hydrogen) atoms. The van der Waals surface area contributed by atoms with E-state index in [1.807, 2.05) is 6.07 Å². The van der Waals surface area contributed by atoms with E-state index < -0.39 is 0 Å². The fraction of sp³-hybridized carbons (Fsp3) is 0.500. The molecule has 3 heteroatoms. The molecule has 0 spiro atoms. The Morgan fingerprint density at radius 1 is 1.54 bits per heavy atom. The first-order valence-electron chi connectivity index (χ1n) is 4.42. The molecule has 0 unspecified atom stereocenters. The summed E-state index contributed by atoms with van der Waals surface area (Å²) in [7, 11) is 0. The molecule has 0 N–H and O–H groups in total. The Morgan fingerprint density at radius 2 is 2.23 bits per heavy atom. The van der Waals surface area contributed by atoms with Crippen molar-refractivity contribution < 1.29 is 4.79 Å². The third-order valence-corrected chi connectivity index (χ3v) is 1.65. The van der Waals surface area contributed by atoms with Gasteiger partial charge in [-0.2, -0.15) is 0 Å². The largest absolute Gasteiger partial charge is 0.291 e. The highest BCUT2D eigenvalue weighted by molar-refractivity contribution is 5.90. The first-order chi connectivity index (χ1) is 6.09. The Kier molecular flexibility index (Phi) is 3.12. The predicted molar refractivity (Wildman–Crippen MR) is 50.6 cm³/mol. The molecule has 1 heterocycles. The Balaban J connectivity index is 2.85. The Hall–Kier alpha value is -1.25. The van der Waals surface area contributed by atoms with Crippen molar-refractivity contribution in [1.82, 2.24) is 9.97 Å². The van der Waals surface area contributed by atoms with E-state index in [0.29, 0.717) is 11.7 Å². The van der Waals surface area contributed by atoms with Gasteiger partial charge in [-0.15, -0.1) is 0 Å². The monoisotopic (exact) mass is 178 g/mol. The van der Waals surface area contributed by atoms with E-state index >= 15 is 0 Å². The van der Waals surface area contributed by atoms with Gasteiger partial charge in [-0.1, -0.05) is 13.8 Å². The normalized spacial score (nSPS) is 10.5. The average molecular weight is 178 g/mol. The average Bonchev–Trinajstić information content (AvgIpc) is 2.03. The second kappa shape index (κ2) is 4.12. The van der Waals surface area contributed by atoms with Crippen molar-refractivity contribution in [2.75, 3.05) is 0 Å². The van der Waals surface area contributed by atoms with Crippen LogP contribution in [0, 0.1) is 5.92 Å². The standard InChI is InChI=1S/C10H14N2O/c1-7(2)6-9-4-5-11-10(12-9)8(3)13/h4-5,7H,6H2,1-3H3. The number of ketones is 1. The Labute approximate surface area is 78.2 Å². The summed E-state index contributed by atoms with van der Waals surface area (Å²) in [6.07, 6.45) is 2.53. The number of nitrogens with zero attached hydrogens (tertiary/aromatic N) is 2. The zero-order valence-corrected chi connectivity index (χ0v) is 8.24. The van der Waals surface area contributed by atoms with Crippen molar-refractivity contribution >= 4 is 5.78 Å². The molecule has 0 bridgehead atoms. The van der Waals surface area contributed by atoms with E-state index in [4.69, 9.17) is 0 Å². The van der Waals surface area contributed by atoms with Gasteiger partial charge in [0.2, 0.25) is 0 Å². The number of Topliss-reactive ketones (excluding diaryl/α,β-unsaturated/α-hetero) is 1. The van der Waals surface area contributed by atoms with Crippen LogP contribution < -0.4 is 0 Å². The minimum Gasteiger partial charge on any atom is -0.291 e. The van der Waals surface area contributed by atoms with Crippen molar-refractivity contribution in [3.8, 4) is 0 Å². The summed E-state index contributed by atoms with van der Waals surface area (Å²) < 4.78 is 0. The third kappa shape index (κ3) is 2.93. The molecule has 1 aromatic rings. The summed E-state index contributed by atoms with van der Waals surface area (Å²) in [6, 6.07) is 1.85. The highest BCUT2D eigenvalue weighted by atomic mass is 16.1. The van der Waals surface area contributed by atoms with Crippen LogP contribution >= 0.6 is 0 Å². The predicted octanol–water partition coefficient (Wildman–Crippen LogP) is 1.88. The molecule has 1 aromatic heterocycles. The van der Waals surface area contributed by atoms with Crippen LogP contribution in [0.15, 0.2) is 12.3 Å². The van der Waals surface area contributed by atoms with Gasteiger partial charge in [0.25, 0.3) is 0 Å². The van der Waals surface area contributed by atoms with Crippen molar-refractivity contribution in [3.63, 3.8) is 0 Å². The highest BCUT2D eigenvalue weighted by Crippen LogP contribution is 2.04. The van der Waals surface area contributed by atoms with Crippen LogP contribution in [0.2, 0.25) is 0 Å². The van der Waals surface area contributed by atoms with E-state index in [0.717, 1.165) is 12.1 Å². The van der Waals surface area contributed by atoms with Gasteiger partial charge < -0.3 is 0 Å². The molecular weight excluding hydrogens is 164 g/mol. The summed E-state index contributed by atoms with van der Waals surface area (Å²) in [5.74, 6) is 0.790. The van der Waals surface area contributed by atoms with Crippen LogP contribution in [0.5, 0.6) is 0 Å². The number of aromatic nitrogens is 2. The van der Waals surface area contributed by atoms with Gasteiger partial charge in [-0.25, -0.2) is 9.97 Å². The lowest BCUT2D eigenvalue weighted by atomic mass is 10.1. The molecule has 0 aliphatic rings. The van der Waals surface area contributed by atoms with Crippen LogP contribution in [0.3, 0.4) is 0 Å². The SMILES string of the molecule is CC(=O)c1nccc(CC(C)C)n1. The van der Waals surface area contributed by atoms with Crippen molar-refractivity contribution in [3.05, 3.63) is 23.8 Å². The molecule has 0 aliphatic heterocycles. The number of hydrogen-bond donors (Lipinski definition) is 0. The second-order valence-electron chi connectivity index (χ2n) is 3.53. The van der Waals surface area contributed by atoms with E-state index in [9.17, 15) is 4.79 Å². The van der Waals surface area contributed by atoms with Gasteiger partial charge in [0.15, 0.2) is 11.6 Å². The summed E-state index contributed by atoms with van der Waals surface area (Å²) in [6.45, 7) is 5.72. The maximum absolute atomic E-state index is 11.0. The molecule has 0 aliphatic carbocycles. The van der Waals surface area contributed by atoms with Crippen molar-refractivity contribution in [1.29, 1.82) is 0 Å². The van der Waals surface area contributed by atoms with Crippen LogP contribution in [-0.2, 0) is 6.42 Å². The summed E-state index contributed by atoms with van der Waals surface area (Å²) >= 11 is 0. The summed E-state index contributed by atoms with van der Waals surface area (Å²) in [4.78, 5) is 19.0. The highest BCUT2D eigenvalue weighted by Gasteiger charge is 2.04. The quantitative estimate of drug-likeness (QED) is 0.664. The van der Waals surface area contributed by atoms with Gasteiger partial charge >= 0.3 is 0 Å². The number of carbonyl (C=O) groups excluding carboxylic acids is 1. The lowest BCUT2D eigenvalue weighted by molar-refractivity contribution is 0.100. The van der Waals surface area contributed by atoms with Gasteiger partial charge in [0.1, 0.15) is 0 Å². The van der Waals surface area contributed by atoms with Crippen LogP contribution in [-0.4, -0.2) is 15.8 Å². The molecule has 0 amide bonds. The topological polar surface area (TPSA) is 42.9 Å². The molecule has 0 fully saturated rings. The zero-order valence-electron chi connectivity index (χ0n) is 8.24. The van der Waals surface area contributed by atoms with E-state index in [2.05, 4.69) is 23.8 Å². The Morgan fingerprint density at radius 3 is 2.77 bits per heavy atom. The minimum absolute atomic E-state index is 0.0781. The van der Waals surface area contributed by atoms with E-state index in [1.165, 1.54) is 6.92 Å². The molecule has 0 aromatic carbocycles. The number of carbonyl (C=O) groups is 1. The fourth-order valence-corrected chi connectivity index (χ4v) is 1.10. The van der Waals surface area contributed by atoms with Gasteiger partial charge in [0, 0.05) is 18.8 Å². The van der Waals surface area contributed by atoms with E-state index in [-0.39, 0.29) is 5.78 Å². The van der Waals surface area contributed by atoms with Crippen molar-refractivity contribution in [2.24, 2.45) is 5.92 Å². The number of hydrogen-bond acceptors (Lipinski definition) is 3. The maximum atomic E-state index is 11.0. The Bertz CT molecular complexity index is 308. The van der Waals surface area contributed by atoms with Crippen LogP contribution in [0.4, 0.5) is 0 Å². The number of rotatable bonds is 3. The molecule has 3 nitrogen and oxygen atoms in total. The second-order valence-corrected chi connectivity index (χ2v) is 3.53. The molecule has 1 rings (SSSR count). The maximum Gasteiger partial charge on any atom is 0.196 e. The van der Waals surface area contributed by atoms with E-state index in [1.54, 1.807) is 6.20 Å². The van der Waals surface area contributed by atoms with Crippen LogP contribution in [0.25, 0.3) is 0 Å². The van der Waals surface area contributed by atoms with Gasteiger partial charge in [-0.3, -0.25) is 4.79 Å². The third-order valence-electron chi connectivity index (χ3n) is 1.65. The molecule has 0 atom stereocenters. The first kappa shape index (κ1) is 9.84. The molecule has 0 radical (unpaired) electrons. The van der Waals surface area contributed by atoms with Gasteiger partial charge in [-0.05, 0) is 18.4 Å². The van der Waals surface area contributed by atoms with Crippen LogP contribution in [0.1, 0.15) is 37.1 Å². The van der Waals surface area contributed by atoms with Gasteiger partial charge in [0.05, 0.1) is 0 Å².